The van der Waals surface area contributed by atoms with Crippen LogP contribution in [0.4, 0.5) is 5.69 Å². The van der Waals surface area contributed by atoms with Crippen molar-refractivity contribution in [2.45, 2.75) is 13.0 Å². The fourth-order valence-electron chi connectivity index (χ4n) is 1.11. The molecule has 1 amide bonds. The SMILES string of the molecule is C[C@@H](C(=O)O)N(C=O)c1ccc(Cl)cc1. The van der Waals surface area contributed by atoms with Gasteiger partial charge in [-0.3, -0.25) is 4.79 Å². The van der Waals surface area contributed by atoms with Crippen molar-refractivity contribution in [1.29, 1.82) is 0 Å². The maximum Gasteiger partial charge on any atom is 0.326 e. The van der Waals surface area contributed by atoms with Gasteiger partial charge >= 0.3 is 5.97 Å². The van der Waals surface area contributed by atoms with Crippen LogP contribution in [0.2, 0.25) is 5.02 Å². The molecule has 5 heteroatoms. The number of amides is 1. The molecule has 0 spiro atoms. The number of aliphatic carboxylic acids is 1. The lowest BCUT2D eigenvalue weighted by Crippen LogP contribution is -2.37. The Morgan fingerprint density at radius 2 is 2.00 bits per heavy atom. The third kappa shape index (κ3) is 2.70. The third-order valence-corrected chi connectivity index (χ3v) is 2.26. The second-order valence-electron chi connectivity index (χ2n) is 3.00. The molecule has 0 radical (unpaired) electrons. The molecule has 1 rings (SSSR count). The molecule has 0 aliphatic heterocycles. The second kappa shape index (κ2) is 4.79. The minimum Gasteiger partial charge on any atom is -0.480 e. The van der Waals surface area contributed by atoms with E-state index in [1.54, 1.807) is 24.3 Å². The van der Waals surface area contributed by atoms with Gasteiger partial charge in [-0.25, -0.2) is 4.79 Å². The Labute approximate surface area is 92.1 Å². The van der Waals surface area contributed by atoms with Crippen molar-refractivity contribution in [3.8, 4) is 0 Å². The first-order valence-corrected chi connectivity index (χ1v) is 4.66. The predicted molar refractivity (Wildman–Crippen MR) is 57.1 cm³/mol. The maximum atomic E-state index is 10.8. The lowest BCUT2D eigenvalue weighted by Gasteiger charge is -2.21. The van der Waals surface area contributed by atoms with E-state index < -0.39 is 12.0 Å². The average molecular weight is 228 g/mol. The van der Waals surface area contributed by atoms with Crippen LogP contribution >= 0.6 is 11.6 Å². The molecule has 15 heavy (non-hydrogen) atoms. The molecule has 0 saturated heterocycles. The van der Waals surface area contributed by atoms with Crippen LogP contribution in [0, 0.1) is 0 Å². The highest BCUT2D eigenvalue weighted by Gasteiger charge is 2.20. The normalized spacial score (nSPS) is 11.9. The first-order chi connectivity index (χ1) is 7.06. The van der Waals surface area contributed by atoms with Crippen molar-refractivity contribution in [3.05, 3.63) is 29.3 Å². The Morgan fingerprint density at radius 1 is 1.47 bits per heavy atom. The summed E-state index contributed by atoms with van der Waals surface area (Å²) in [6.45, 7) is 1.44. The highest BCUT2D eigenvalue weighted by atomic mass is 35.5. The van der Waals surface area contributed by atoms with Crippen molar-refractivity contribution >= 4 is 29.7 Å². The number of hydrogen-bond donors (Lipinski definition) is 1. The molecule has 0 aliphatic carbocycles. The first kappa shape index (κ1) is 11.5. The standard InChI is InChI=1S/C10H10ClNO3/c1-7(10(14)15)12(6-13)9-4-2-8(11)3-5-9/h2-7H,1H3,(H,14,15)/t7-/m0/s1. The van der Waals surface area contributed by atoms with Crippen LogP contribution in [0.1, 0.15) is 6.92 Å². The molecule has 0 heterocycles. The van der Waals surface area contributed by atoms with Crippen LogP contribution in [0.3, 0.4) is 0 Å². The van der Waals surface area contributed by atoms with Gasteiger partial charge in [-0.1, -0.05) is 11.6 Å². The van der Waals surface area contributed by atoms with Gasteiger partial charge in [-0.05, 0) is 31.2 Å². The largest absolute Gasteiger partial charge is 0.480 e. The molecule has 4 nitrogen and oxygen atoms in total. The van der Waals surface area contributed by atoms with Gasteiger partial charge in [0.25, 0.3) is 0 Å². The molecule has 0 fully saturated rings. The number of carboxylic acid groups (broad SMARTS) is 1. The van der Waals surface area contributed by atoms with Crippen LogP contribution in [0.5, 0.6) is 0 Å². The van der Waals surface area contributed by atoms with Crippen molar-refractivity contribution in [3.63, 3.8) is 0 Å². The zero-order valence-corrected chi connectivity index (χ0v) is 8.81. The molecule has 80 valence electrons. The molecule has 0 unspecified atom stereocenters. The molecule has 1 N–H and O–H groups in total. The molecule has 1 atom stereocenters. The van der Waals surface area contributed by atoms with Gasteiger partial charge in [-0.15, -0.1) is 0 Å². The second-order valence-corrected chi connectivity index (χ2v) is 3.44. The summed E-state index contributed by atoms with van der Waals surface area (Å²) in [6.07, 6.45) is 0.488. The van der Waals surface area contributed by atoms with E-state index in [1.807, 2.05) is 0 Å². The van der Waals surface area contributed by atoms with Gasteiger partial charge in [0.2, 0.25) is 6.41 Å². The monoisotopic (exact) mass is 227 g/mol. The van der Waals surface area contributed by atoms with Crippen LogP contribution in [-0.2, 0) is 9.59 Å². The Hall–Kier alpha value is -1.55. The number of halogens is 1. The van der Waals surface area contributed by atoms with E-state index in [0.717, 1.165) is 4.90 Å². The molecule has 0 bridgehead atoms. The third-order valence-electron chi connectivity index (χ3n) is 2.01. The van der Waals surface area contributed by atoms with Crippen LogP contribution in [0.25, 0.3) is 0 Å². The number of hydrogen-bond acceptors (Lipinski definition) is 2. The number of carbonyl (C=O) groups is 2. The van der Waals surface area contributed by atoms with Gasteiger partial charge in [0.05, 0.1) is 0 Å². The number of rotatable bonds is 4. The maximum absolute atomic E-state index is 10.8. The zero-order valence-electron chi connectivity index (χ0n) is 8.05. The highest BCUT2D eigenvalue weighted by Crippen LogP contribution is 2.18. The van der Waals surface area contributed by atoms with E-state index in [1.165, 1.54) is 6.92 Å². The molecule has 0 aromatic heterocycles. The van der Waals surface area contributed by atoms with E-state index in [9.17, 15) is 9.59 Å². The Balaban J connectivity index is 2.97. The Bertz CT molecular complexity index is 363. The minimum absolute atomic E-state index is 0.488. The smallest absolute Gasteiger partial charge is 0.326 e. The molecular weight excluding hydrogens is 218 g/mol. The van der Waals surface area contributed by atoms with Gasteiger partial charge in [0.1, 0.15) is 6.04 Å². The van der Waals surface area contributed by atoms with Crippen molar-refractivity contribution < 1.29 is 14.7 Å². The van der Waals surface area contributed by atoms with Crippen LogP contribution < -0.4 is 4.90 Å². The fourth-order valence-corrected chi connectivity index (χ4v) is 1.23. The average Bonchev–Trinajstić information content (AvgIpc) is 2.21. The summed E-state index contributed by atoms with van der Waals surface area (Å²) < 4.78 is 0. The molecule has 1 aromatic carbocycles. The quantitative estimate of drug-likeness (QED) is 0.798. The van der Waals surface area contributed by atoms with Crippen LogP contribution in [-0.4, -0.2) is 23.5 Å². The van der Waals surface area contributed by atoms with E-state index >= 15 is 0 Å². The lowest BCUT2D eigenvalue weighted by atomic mass is 10.2. The molecular formula is C10H10ClNO3. The van der Waals surface area contributed by atoms with Gasteiger partial charge < -0.3 is 10.0 Å². The summed E-state index contributed by atoms with van der Waals surface area (Å²) in [5.74, 6) is -1.06. The molecule has 0 aliphatic rings. The van der Waals surface area contributed by atoms with E-state index in [2.05, 4.69) is 0 Å². The lowest BCUT2D eigenvalue weighted by molar-refractivity contribution is -0.138. The number of anilines is 1. The van der Waals surface area contributed by atoms with Crippen molar-refractivity contribution in [2.24, 2.45) is 0 Å². The summed E-state index contributed by atoms with van der Waals surface area (Å²) in [7, 11) is 0. The summed E-state index contributed by atoms with van der Waals surface area (Å²) in [6, 6.07) is 5.49. The van der Waals surface area contributed by atoms with E-state index in [4.69, 9.17) is 16.7 Å². The Kier molecular flexibility index (Phi) is 3.68. The Morgan fingerprint density at radius 3 is 2.40 bits per heavy atom. The van der Waals surface area contributed by atoms with Crippen molar-refractivity contribution in [2.75, 3.05) is 4.90 Å². The van der Waals surface area contributed by atoms with E-state index in [0.29, 0.717) is 17.1 Å². The van der Waals surface area contributed by atoms with Gasteiger partial charge in [0.15, 0.2) is 0 Å². The topological polar surface area (TPSA) is 57.6 Å². The predicted octanol–water partition coefficient (Wildman–Crippen LogP) is 1.78. The summed E-state index contributed by atoms with van der Waals surface area (Å²) in [4.78, 5) is 22.6. The first-order valence-electron chi connectivity index (χ1n) is 4.28. The van der Waals surface area contributed by atoms with Gasteiger partial charge in [0, 0.05) is 10.7 Å². The summed E-state index contributed by atoms with van der Waals surface area (Å²) in [5.41, 5.74) is 0.504. The number of carboxylic acids is 1. The minimum atomic E-state index is -1.06. The molecule has 1 aromatic rings. The zero-order chi connectivity index (χ0) is 11.4. The highest BCUT2D eigenvalue weighted by molar-refractivity contribution is 6.30. The van der Waals surface area contributed by atoms with Gasteiger partial charge in [-0.2, -0.15) is 0 Å². The summed E-state index contributed by atoms with van der Waals surface area (Å²) in [5, 5.41) is 9.31. The number of nitrogens with zero attached hydrogens (tertiary/aromatic N) is 1. The van der Waals surface area contributed by atoms with E-state index in [-0.39, 0.29) is 0 Å². The van der Waals surface area contributed by atoms with Crippen molar-refractivity contribution in [1.82, 2.24) is 0 Å². The molecule has 0 saturated carbocycles. The fraction of sp³-hybridized carbons (Fsp3) is 0.200. The number of carbonyl (C=O) groups excluding carboxylic acids is 1. The number of benzene rings is 1. The van der Waals surface area contributed by atoms with Crippen LogP contribution in [0.15, 0.2) is 24.3 Å². The summed E-state index contributed by atoms with van der Waals surface area (Å²) >= 11 is 5.68.